The first-order chi connectivity index (χ1) is 18.5. The van der Waals surface area contributed by atoms with Crippen LogP contribution in [0.5, 0.6) is 0 Å². The summed E-state index contributed by atoms with van der Waals surface area (Å²) < 4.78 is 4.25. The molecule has 0 atom stereocenters. The molecule has 1 heterocycles. The topological polar surface area (TPSA) is 109 Å². The van der Waals surface area contributed by atoms with Gasteiger partial charge in [-0.15, -0.1) is 10.2 Å². The molecule has 0 saturated heterocycles. The van der Waals surface area contributed by atoms with Gasteiger partial charge in [0.2, 0.25) is 0 Å². The third kappa shape index (κ3) is 5.52. The maximum atomic E-state index is 10.2. The average molecular weight is 534 g/mol. The van der Waals surface area contributed by atoms with Gasteiger partial charge < -0.3 is 10.6 Å². The molecule has 2 N–H and O–H groups in total. The van der Waals surface area contributed by atoms with Crippen LogP contribution in [-0.2, 0) is 0 Å². The number of aromatic nitrogens is 1. The number of nitrogens with one attached hydrogen (secondary N) is 2. The van der Waals surface area contributed by atoms with E-state index in [-0.39, 0.29) is 0 Å². The molecule has 0 spiro atoms. The van der Waals surface area contributed by atoms with Gasteiger partial charge in [0, 0.05) is 11.4 Å². The summed E-state index contributed by atoms with van der Waals surface area (Å²) in [4.78, 5) is 0. The summed E-state index contributed by atoms with van der Waals surface area (Å²) in [5.41, 5.74) is 12.8. The van der Waals surface area contributed by atoms with Crippen molar-refractivity contribution in [1.82, 2.24) is 4.37 Å². The van der Waals surface area contributed by atoms with Gasteiger partial charge in [0.1, 0.15) is 23.4 Å². The van der Waals surface area contributed by atoms with Crippen molar-refractivity contribution in [1.29, 1.82) is 10.5 Å². The molecule has 0 fully saturated rings. The lowest BCUT2D eigenvalue weighted by Gasteiger charge is -2.20. The molecule has 196 valence electrons. The van der Waals surface area contributed by atoms with Crippen LogP contribution in [0.1, 0.15) is 55.8 Å². The third-order valence-corrected chi connectivity index (χ3v) is 7.55. The number of benzene rings is 3. The van der Waals surface area contributed by atoms with Crippen molar-refractivity contribution < 1.29 is 0 Å². The van der Waals surface area contributed by atoms with Gasteiger partial charge in [-0.05, 0) is 101 Å². The van der Waals surface area contributed by atoms with Crippen molar-refractivity contribution in [3.8, 4) is 12.1 Å². The molecule has 7 nitrogen and oxygen atoms in total. The van der Waals surface area contributed by atoms with Gasteiger partial charge in [-0.2, -0.15) is 14.9 Å². The van der Waals surface area contributed by atoms with Crippen molar-refractivity contribution >= 4 is 45.0 Å². The van der Waals surface area contributed by atoms with Gasteiger partial charge in [0.25, 0.3) is 0 Å². The van der Waals surface area contributed by atoms with E-state index in [4.69, 9.17) is 0 Å². The van der Waals surface area contributed by atoms with E-state index in [9.17, 15) is 10.5 Å². The summed E-state index contributed by atoms with van der Waals surface area (Å²) in [6.07, 6.45) is 0. The number of hydrogen-bond donors (Lipinski definition) is 2. The second-order valence-electron chi connectivity index (χ2n) is 9.99. The zero-order valence-corrected chi connectivity index (χ0v) is 24.3. The SMILES string of the molecule is Cc1cc(C)c(Nc2cc(Nc3c(C)cc(C)cc3C)c(N=Nc3snc(C)c3C#N)c(C)c2C#N)c(C)c1. The molecule has 0 unspecified atom stereocenters. The van der Waals surface area contributed by atoms with Crippen LogP contribution in [0.2, 0.25) is 0 Å². The fourth-order valence-electron chi connectivity index (χ4n) is 4.95. The van der Waals surface area contributed by atoms with Crippen LogP contribution in [0.25, 0.3) is 0 Å². The zero-order valence-electron chi connectivity index (χ0n) is 23.5. The van der Waals surface area contributed by atoms with Gasteiger partial charge in [-0.25, -0.2) is 0 Å². The van der Waals surface area contributed by atoms with Gasteiger partial charge >= 0.3 is 0 Å². The van der Waals surface area contributed by atoms with Crippen molar-refractivity contribution in [2.24, 2.45) is 10.2 Å². The Labute approximate surface area is 234 Å². The fraction of sp³-hybridized carbons (Fsp3) is 0.258. The number of rotatable bonds is 6. The lowest BCUT2D eigenvalue weighted by atomic mass is 10.00. The summed E-state index contributed by atoms with van der Waals surface area (Å²) in [6, 6.07) is 14.9. The molecule has 4 aromatic rings. The highest BCUT2D eigenvalue weighted by Gasteiger charge is 2.19. The van der Waals surface area contributed by atoms with E-state index in [1.165, 1.54) is 11.1 Å². The highest BCUT2D eigenvalue weighted by molar-refractivity contribution is 7.10. The van der Waals surface area contributed by atoms with Crippen LogP contribution < -0.4 is 10.6 Å². The van der Waals surface area contributed by atoms with Crippen molar-refractivity contribution in [2.75, 3.05) is 10.6 Å². The van der Waals surface area contributed by atoms with Crippen LogP contribution in [0.4, 0.5) is 33.4 Å². The van der Waals surface area contributed by atoms with Crippen molar-refractivity contribution in [3.63, 3.8) is 0 Å². The molecule has 3 aromatic carbocycles. The molecule has 8 heteroatoms. The Hall–Kier alpha value is -4.53. The molecule has 0 aliphatic rings. The van der Waals surface area contributed by atoms with Crippen LogP contribution in [0.15, 0.2) is 40.6 Å². The Bertz CT molecular complexity index is 1670. The quantitative estimate of drug-likeness (QED) is 0.240. The molecule has 1 aromatic heterocycles. The first-order valence-corrected chi connectivity index (χ1v) is 13.4. The minimum Gasteiger partial charge on any atom is -0.354 e. The summed E-state index contributed by atoms with van der Waals surface area (Å²) >= 11 is 1.13. The van der Waals surface area contributed by atoms with Crippen LogP contribution in [0.3, 0.4) is 0 Å². The summed E-state index contributed by atoms with van der Waals surface area (Å²) in [7, 11) is 0. The number of hydrogen-bond acceptors (Lipinski definition) is 8. The van der Waals surface area contributed by atoms with E-state index in [0.717, 1.165) is 45.2 Å². The summed E-state index contributed by atoms with van der Waals surface area (Å²) in [5.74, 6) is 0. The smallest absolute Gasteiger partial charge is 0.176 e. The summed E-state index contributed by atoms with van der Waals surface area (Å²) in [6.45, 7) is 16.1. The second kappa shape index (κ2) is 11.1. The molecular formula is C31H31N7S. The first-order valence-electron chi connectivity index (χ1n) is 12.6. The molecule has 39 heavy (non-hydrogen) atoms. The van der Waals surface area contributed by atoms with Gasteiger partial charge in [-0.3, -0.25) is 0 Å². The summed E-state index contributed by atoms with van der Waals surface area (Å²) in [5, 5.41) is 36.3. The molecule has 0 saturated carbocycles. The standard InChI is InChI=1S/C31H31N7S/c1-16-9-18(3)28(19(4)10-16)34-26-13-27(35-29-20(5)11-17(2)12-21(29)6)30(22(7)24(26)14-32)36-37-31-25(15-33)23(8)38-39-31/h9-13,34-35H,1-8H3. The lowest BCUT2D eigenvalue weighted by molar-refractivity contribution is 1.20. The monoisotopic (exact) mass is 533 g/mol. The predicted molar refractivity (Wildman–Crippen MR) is 160 cm³/mol. The number of nitrogens with zero attached hydrogens (tertiary/aromatic N) is 5. The molecule has 0 amide bonds. The van der Waals surface area contributed by atoms with E-state index in [2.05, 4.69) is 103 Å². The minimum atomic E-state index is 0.408. The van der Waals surface area contributed by atoms with Crippen molar-refractivity contribution in [2.45, 2.75) is 55.4 Å². The normalized spacial score (nSPS) is 10.9. The van der Waals surface area contributed by atoms with Gasteiger partial charge in [-0.1, -0.05) is 35.4 Å². The van der Waals surface area contributed by atoms with Crippen LogP contribution >= 0.6 is 11.5 Å². The molecule has 0 radical (unpaired) electrons. The van der Waals surface area contributed by atoms with E-state index >= 15 is 0 Å². The maximum Gasteiger partial charge on any atom is 0.176 e. The first kappa shape index (κ1) is 27.5. The predicted octanol–water partition coefficient (Wildman–Crippen LogP) is 9.26. The van der Waals surface area contributed by atoms with E-state index in [1.807, 2.05) is 13.0 Å². The highest BCUT2D eigenvalue weighted by atomic mass is 32.1. The van der Waals surface area contributed by atoms with Gasteiger partial charge in [0.05, 0.1) is 22.6 Å². The molecular weight excluding hydrogens is 502 g/mol. The Balaban J connectivity index is 1.92. The molecule has 4 rings (SSSR count). The Morgan fingerprint density at radius 2 is 1.15 bits per heavy atom. The number of anilines is 4. The molecule has 0 aliphatic heterocycles. The van der Waals surface area contributed by atoms with Crippen LogP contribution in [0, 0.1) is 78.1 Å². The van der Waals surface area contributed by atoms with Gasteiger partial charge in [0.15, 0.2) is 5.00 Å². The highest BCUT2D eigenvalue weighted by Crippen LogP contribution is 2.42. The Morgan fingerprint density at radius 3 is 1.64 bits per heavy atom. The van der Waals surface area contributed by atoms with E-state index < -0.39 is 0 Å². The zero-order chi connectivity index (χ0) is 28.4. The van der Waals surface area contributed by atoms with E-state index in [1.54, 1.807) is 6.92 Å². The molecule has 0 bridgehead atoms. The Morgan fingerprint density at radius 1 is 0.667 bits per heavy atom. The maximum absolute atomic E-state index is 10.2. The number of nitriles is 2. The molecule has 0 aliphatic carbocycles. The number of azo groups is 1. The number of aryl methyl sites for hydroxylation is 7. The van der Waals surface area contributed by atoms with E-state index in [0.29, 0.717) is 44.4 Å². The third-order valence-electron chi connectivity index (χ3n) is 6.73. The fourth-order valence-corrected chi connectivity index (χ4v) is 5.62. The van der Waals surface area contributed by atoms with Crippen molar-refractivity contribution in [3.05, 3.63) is 86.1 Å². The van der Waals surface area contributed by atoms with Crippen LogP contribution in [-0.4, -0.2) is 4.37 Å². The minimum absolute atomic E-state index is 0.408. The second-order valence-corrected chi connectivity index (χ2v) is 10.7. The average Bonchev–Trinajstić information content (AvgIpc) is 3.22. The Kier molecular flexibility index (Phi) is 7.80. The largest absolute Gasteiger partial charge is 0.354 e. The lowest BCUT2D eigenvalue weighted by Crippen LogP contribution is -2.04.